The fourth-order valence-corrected chi connectivity index (χ4v) is 1.91. The van der Waals surface area contributed by atoms with Crippen LogP contribution in [0.3, 0.4) is 0 Å². The van der Waals surface area contributed by atoms with Crippen molar-refractivity contribution < 1.29 is 9.90 Å². The van der Waals surface area contributed by atoms with Gasteiger partial charge in [-0.3, -0.25) is 4.79 Å². The summed E-state index contributed by atoms with van der Waals surface area (Å²) < 4.78 is 0. The molecule has 3 unspecified atom stereocenters. The third-order valence-corrected chi connectivity index (χ3v) is 2.94. The van der Waals surface area contributed by atoms with Crippen molar-refractivity contribution in [1.29, 1.82) is 0 Å². The highest BCUT2D eigenvalue weighted by Gasteiger charge is 2.22. The highest BCUT2D eigenvalue weighted by atomic mass is 16.3. The molecular weight excluding hydrogens is 194 g/mol. The third kappa shape index (κ3) is 4.15. The van der Waals surface area contributed by atoms with Crippen molar-refractivity contribution in [3.63, 3.8) is 0 Å². The van der Waals surface area contributed by atoms with Crippen molar-refractivity contribution in [2.45, 2.75) is 50.3 Å². The summed E-state index contributed by atoms with van der Waals surface area (Å²) in [4.78, 5) is 10.7. The van der Waals surface area contributed by atoms with Gasteiger partial charge < -0.3 is 21.9 Å². The summed E-state index contributed by atoms with van der Waals surface area (Å²) in [7, 11) is 0. The highest BCUT2D eigenvalue weighted by Crippen LogP contribution is 2.17. The Morgan fingerprint density at radius 2 is 2.07 bits per heavy atom. The van der Waals surface area contributed by atoms with E-state index in [2.05, 4.69) is 5.32 Å². The molecule has 0 saturated heterocycles. The number of nitrogens with one attached hydrogen (secondary N) is 1. The first-order valence-corrected chi connectivity index (χ1v) is 5.57. The van der Waals surface area contributed by atoms with Gasteiger partial charge in [-0.05, 0) is 12.8 Å². The van der Waals surface area contributed by atoms with Crippen LogP contribution in [0.25, 0.3) is 0 Å². The first-order chi connectivity index (χ1) is 7.11. The van der Waals surface area contributed by atoms with Gasteiger partial charge in [-0.25, -0.2) is 0 Å². The first-order valence-electron chi connectivity index (χ1n) is 5.57. The normalized spacial score (nSPS) is 29.5. The number of rotatable bonds is 4. The van der Waals surface area contributed by atoms with Gasteiger partial charge in [-0.2, -0.15) is 0 Å². The van der Waals surface area contributed by atoms with Crippen LogP contribution in [0.15, 0.2) is 0 Å². The molecule has 6 N–H and O–H groups in total. The first kappa shape index (κ1) is 12.4. The molecule has 0 aromatic carbocycles. The molecule has 0 spiro atoms. The van der Waals surface area contributed by atoms with Crippen molar-refractivity contribution in [1.82, 2.24) is 5.32 Å². The summed E-state index contributed by atoms with van der Waals surface area (Å²) in [5.74, 6) is -0.509. The van der Waals surface area contributed by atoms with E-state index in [9.17, 15) is 9.90 Å². The van der Waals surface area contributed by atoms with E-state index in [0.717, 1.165) is 32.1 Å². The minimum Gasteiger partial charge on any atom is -0.392 e. The lowest BCUT2D eigenvalue weighted by atomic mass is 10.1. The van der Waals surface area contributed by atoms with Gasteiger partial charge in [-0.1, -0.05) is 19.3 Å². The Kier molecular flexibility index (Phi) is 5.01. The van der Waals surface area contributed by atoms with E-state index >= 15 is 0 Å². The summed E-state index contributed by atoms with van der Waals surface area (Å²) in [6.45, 7) is 0.344. The maximum Gasteiger partial charge on any atom is 0.235 e. The van der Waals surface area contributed by atoms with E-state index < -0.39 is 11.9 Å². The molecule has 88 valence electrons. The number of aliphatic hydroxyl groups is 1. The second-order valence-electron chi connectivity index (χ2n) is 4.23. The van der Waals surface area contributed by atoms with Crippen molar-refractivity contribution in [3.05, 3.63) is 0 Å². The average molecular weight is 215 g/mol. The molecule has 0 aliphatic heterocycles. The molecule has 1 saturated carbocycles. The maximum absolute atomic E-state index is 10.7. The van der Waals surface area contributed by atoms with Crippen LogP contribution in [0.5, 0.6) is 0 Å². The number of aliphatic hydroxyl groups excluding tert-OH is 1. The second kappa shape index (κ2) is 6.05. The molecule has 1 amide bonds. The predicted octanol–water partition coefficient (Wildman–Crippen LogP) is -0.918. The Labute approximate surface area is 90.2 Å². The third-order valence-electron chi connectivity index (χ3n) is 2.94. The minimum absolute atomic E-state index is 0.0536. The molecule has 5 nitrogen and oxygen atoms in total. The molecule has 1 aliphatic rings. The fraction of sp³-hybridized carbons (Fsp3) is 0.900. The Morgan fingerprint density at radius 3 is 2.73 bits per heavy atom. The van der Waals surface area contributed by atoms with Crippen molar-refractivity contribution in [2.24, 2.45) is 11.5 Å². The Balaban J connectivity index is 2.32. The summed E-state index contributed by atoms with van der Waals surface area (Å²) in [6, 6.07) is -0.613. The molecule has 15 heavy (non-hydrogen) atoms. The SMILES string of the molecule is NC(=O)C(N)CNC1CCCCCC1O. The van der Waals surface area contributed by atoms with E-state index in [0.29, 0.717) is 6.54 Å². The molecule has 0 bridgehead atoms. The van der Waals surface area contributed by atoms with E-state index in [1.807, 2.05) is 0 Å². The summed E-state index contributed by atoms with van der Waals surface area (Å²) in [5.41, 5.74) is 10.6. The van der Waals surface area contributed by atoms with Crippen LogP contribution in [-0.4, -0.2) is 35.7 Å². The highest BCUT2D eigenvalue weighted by molar-refractivity contribution is 5.79. The molecule has 0 radical (unpaired) electrons. The fourth-order valence-electron chi connectivity index (χ4n) is 1.91. The summed E-state index contributed by atoms with van der Waals surface area (Å²) in [6.07, 6.45) is 4.78. The Morgan fingerprint density at radius 1 is 1.40 bits per heavy atom. The molecule has 0 aromatic rings. The molecule has 1 aliphatic carbocycles. The Hall–Kier alpha value is -0.650. The topological polar surface area (TPSA) is 101 Å². The number of hydrogen-bond donors (Lipinski definition) is 4. The van der Waals surface area contributed by atoms with E-state index in [1.54, 1.807) is 0 Å². The van der Waals surface area contributed by atoms with Crippen LogP contribution in [0.4, 0.5) is 0 Å². The van der Waals surface area contributed by atoms with Crippen LogP contribution >= 0.6 is 0 Å². The summed E-state index contributed by atoms with van der Waals surface area (Å²) in [5, 5.41) is 12.9. The van der Waals surface area contributed by atoms with Crippen LogP contribution in [0.1, 0.15) is 32.1 Å². The van der Waals surface area contributed by atoms with Crippen LogP contribution in [-0.2, 0) is 4.79 Å². The lowest BCUT2D eigenvalue weighted by Gasteiger charge is -2.22. The van der Waals surface area contributed by atoms with Gasteiger partial charge in [0.25, 0.3) is 0 Å². The van der Waals surface area contributed by atoms with Crippen LogP contribution in [0, 0.1) is 0 Å². The van der Waals surface area contributed by atoms with Crippen molar-refractivity contribution in [2.75, 3.05) is 6.54 Å². The number of primary amides is 1. The van der Waals surface area contributed by atoms with Crippen molar-refractivity contribution >= 4 is 5.91 Å². The standard InChI is InChI=1S/C10H21N3O2/c11-7(10(12)15)6-13-8-4-2-1-3-5-9(8)14/h7-9,13-14H,1-6,11H2,(H2,12,15). The second-order valence-corrected chi connectivity index (χ2v) is 4.23. The van der Waals surface area contributed by atoms with Gasteiger partial charge in [0, 0.05) is 12.6 Å². The number of carbonyl (C=O) groups is 1. The van der Waals surface area contributed by atoms with E-state index in [1.165, 1.54) is 0 Å². The van der Waals surface area contributed by atoms with Gasteiger partial charge in [0.15, 0.2) is 0 Å². The molecular formula is C10H21N3O2. The average Bonchev–Trinajstić information content (AvgIpc) is 2.39. The summed E-state index contributed by atoms with van der Waals surface area (Å²) >= 11 is 0. The number of amides is 1. The zero-order valence-electron chi connectivity index (χ0n) is 8.98. The maximum atomic E-state index is 10.7. The molecule has 1 fully saturated rings. The van der Waals surface area contributed by atoms with E-state index in [-0.39, 0.29) is 12.1 Å². The molecule has 5 heteroatoms. The van der Waals surface area contributed by atoms with Gasteiger partial charge >= 0.3 is 0 Å². The quantitative estimate of drug-likeness (QED) is 0.456. The van der Waals surface area contributed by atoms with Gasteiger partial charge in [-0.15, -0.1) is 0 Å². The molecule has 1 rings (SSSR count). The van der Waals surface area contributed by atoms with Crippen molar-refractivity contribution in [3.8, 4) is 0 Å². The van der Waals surface area contributed by atoms with Gasteiger partial charge in [0.2, 0.25) is 5.91 Å². The zero-order chi connectivity index (χ0) is 11.3. The van der Waals surface area contributed by atoms with E-state index in [4.69, 9.17) is 11.5 Å². The number of hydrogen-bond acceptors (Lipinski definition) is 4. The zero-order valence-corrected chi connectivity index (χ0v) is 8.98. The van der Waals surface area contributed by atoms with Crippen LogP contribution in [0.2, 0.25) is 0 Å². The largest absolute Gasteiger partial charge is 0.392 e. The van der Waals surface area contributed by atoms with Gasteiger partial charge in [0.05, 0.1) is 12.1 Å². The van der Waals surface area contributed by atoms with Gasteiger partial charge in [0.1, 0.15) is 0 Å². The Bertz CT molecular complexity index is 211. The lowest BCUT2D eigenvalue weighted by Crippen LogP contribution is -2.49. The predicted molar refractivity (Wildman–Crippen MR) is 58.1 cm³/mol. The molecule has 0 heterocycles. The van der Waals surface area contributed by atoms with Crippen LogP contribution < -0.4 is 16.8 Å². The molecule has 0 aromatic heterocycles. The number of nitrogens with two attached hydrogens (primary N) is 2. The number of carbonyl (C=O) groups excluding carboxylic acids is 1. The smallest absolute Gasteiger partial charge is 0.235 e. The monoisotopic (exact) mass is 215 g/mol. The minimum atomic E-state index is -0.666. The lowest BCUT2D eigenvalue weighted by molar-refractivity contribution is -0.119. The molecule has 3 atom stereocenters.